The normalized spacial score (nSPS) is 16.9. The number of carbonyl (C=O) groups excluding carboxylic acids is 1. The lowest BCUT2D eigenvalue weighted by molar-refractivity contribution is -0.130. The molecular formula is C40H37F2N3O6S. The molecule has 1 heterocycles. The van der Waals surface area contributed by atoms with Gasteiger partial charge in [0.05, 0.1) is 17.3 Å². The SMILES string of the molecule is O=C(NNCc1ccc(F)cc1F)[C@@]1(CCS(=O)(=O)c2ccccc2)N=C(c2ccc(OCCCO)cc2)O[C@H]1c1ccc(-c2ccccc2)cc1. The summed E-state index contributed by atoms with van der Waals surface area (Å²) >= 11 is 0. The lowest BCUT2D eigenvalue weighted by Gasteiger charge is -2.30. The quantitative estimate of drug-likeness (QED) is 0.0851. The second kappa shape index (κ2) is 16.3. The molecule has 0 spiro atoms. The van der Waals surface area contributed by atoms with Crippen LogP contribution in [-0.4, -0.2) is 49.8 Å². The van der Waals surface area contributed by atoms with Crippen molar-refractivity contribution in [2.45, 2.75) is 35.9 Å². The highest BCUT2D eigenvalue weighted by atomic mass is 32.2. The van der Waals surface area contributed by atoms with Gasteiger partial charge in [0.15, 0.2) is 21.5 Å². The Morgan fingerprint density at radius 1 is 0.846 bits per heavy atom. The molecule has 0 bridgehead atoms. The van der Waals surface area contributed by atoms with Gasteiger partial charge in [-0.15, -0.1) is 0 Å². The molecule has 9 nitrogen and oxygen atoms in total. The third kappa shape index (κ3) is 8.37. The fraction of sp³-hybridized carbons (Fsp3) is 0.200. The average molecular weight is 726 g/mol. The first-order valence-electron chi connectivity index (χ1n) is 16.7. The topological polar surface area (TPSA) is 126 Å². The van der Waals surface area contributed by atoms with Gasteiger partial charge in [-0.3, -0.25) is 10.2 Å². The van der Waals surface area contributed by atoms with Crippen LogP contribution in [-0.2, 0) is 25.9 Å². The highest BCUT2D eigenvalue weighted by Gasteiger charge is 2.53. The van der Waals surface area contributed by atoms with Crippen LogP contribution >= 0.6 is 0 Å². The first kappa shape index (κ1) is 36.4. The number of halogens is 2. The molecule has 1 aliphatic heterocycles. The number of aliphatic hydroxyl groups is 1. The summed E-state index contributed by atoms with van der Waals surface area (Å²) in [7, 11) is -3.88. The Balaban J connectivity index is 1.38. The van der Waals surface area contributed by atoms with Crippen molar-refractivity contribution in [3.8, 4) is 16.9 Å². The van der Waals surface area contributed by atoms with Crippen molar-refractivity contribution in [2.75, 3.05) is 19.0 Å². The van der Waals surface area contributed by atoms with E-state index in [0.717, 1.165) is 23.3 Å². The number of sulfone groups is 1. The number of benzene rings is 5. The predicted octanol–water partition coefficient (Wildman–Crippen LogP) is 6.33. The van der Waals surface area contributed by atoms with E-state index in [2.05, 4.69) is 10.9 Å². The Kier molecular flexibility index (Phi) is 11.4. The number of carbonyl (C=O) groups is 1. The minimum absolute atomic E-state index is 0.00567. The van der Waals surface area contributed by atoms with Crippen LogP contribution in [0.2, 0.25) is 0 Å². The molecule has 0 radical (unpaired) electrons. The number of hydrazine groups is 1. The van der Waals surface area contributed by atoms with Crippen LogP contribution in [0.1, 0.15) is 35.6 Å². The maximum absolute atomic E-state index is 14.5. The summed E-state index contributed by atoms with van der Waals surface area (Å²) in [4.78, 5) is 19.4. The summed E-state index contributed by atoms with van der Waals surface area (Å²) in [6, 6.07) is 35.0. The molecule has 5 aromatic carbocycles. The van der Waals surface area contributed by atoms with E-state index < -0.39 is 44.8 Å². The van der Waals surface area contributed by atoms with Crippen LogP contribution in [0, 0.1) is 11.6 Å². The highest BCUT2D eigenvalue weighted by molar-refractivity contribution is 7.91. The van der Waals surface area contributed by atoms with Gasteiger partial charge >= 0.3 is 0 Å². The zero-order valence-electron chi connectivity index (χ0n) is 28.0. The van der Waals surface area contributed by atoms with Crippen molar-refractivity contribution in [1.29, 1.82) is 0 Å². The highest BCUT2D eigenvalue weighted by Crippen LogP contribution is 2.43. The van der Waals surface area contributed by atoms with E-state index in [1.54, 1.807) is 42.5 Å². The Hall–Kier alpha value is -5.43. The number of nitrogens with zero attached hydrogens (tertiary/aromatic N) is 1. The maximum Gasteiger partial charge on any atom is 0.266 e. The molecule has 1 amide bonds. The van der Waals surface area contributed by atoms with Gasteiger partial charge in [0.1, 0.15) is 17.4 Å². The minimum atomic E-state index is -3.88. The second-order valence-electron chi connectivity index (χ2n) is 12.2. The number of aliphatic imine (C=N–C) groups is 1. The molecule has 2 atom stereocenters. The molecule has 1 aliphatic rings. The van der Waals surface area contributed by atoms with E-state index in [9.17, 15) is 22.0 Å². The van der Waals surface area contributed by atoms with Crippen LogP contribution in [0.4, 0.5) is 8.78 Å². The van der Waals surface area contributed by atoms with E-state index in [-0.39, 0.29) is 35.9 Å². The van der Waals surface area contributed by atoms with Gasteiger partial charge in [0.2, 0.25) is 5.90 Å². The third-order valence-electron chi connectivity index (χ3n) is 8.70. The summed E-state index contributed by atoms with van der Waals surface area (Å²) in [5.41, 5.74) is 6.58. The van der Waals surface area contributed by atoms with E-state index in [0.29, 0.717) is 29.9 Å². The van der Waals surface area contributed by atoms with Crippen molar-refractivity contribution in [2.24, 2.45) is 4.99 Å². The average Bonchev–Trinajstić information content (AvgIpc) is 3.57. The minimum Gasteiger partial charge on any atom is -0.494 e. The summed E-state index contributed by atoms with van der Waals surface area (Å²) < 4.78 is 67.4. The Labute approximate surface area is 300 Å². The van der Waals surface area contributed by atoms with Gasteiger partial charge < -0.3 is 14.6 Å². The molecule has 268 valence electrons. The molecule has 3 N–H and O–H groups in total. The Morgan fingerprint density at radius 2 is 1.50 bits per heavy atom. The zero-order valence-corrected chi connectivity index (χ0v) is 28.9. The first-order chi connectivity index (χ1) is 25.2. The number of hydrogen-bond donors (Lipinski definition) is 3. The lowest BCUT2D eigenvalue weighted by Crippen LogP contribution is -2.53. The Bertz CT molecular complexity index is 2120. The van der Waals surface area contributed by atoms with Crippen LogP contribution in [0.25, 0.3) is 11.1 Å². The molecule has 5 aromatic rings. The second-order valence-corrected chi connectivity index (χ2v) is 14.3. The molecule has 12 heteroatoms. The summed E-state index contributed by atoms with van der Waals surface area (Å²) in [6.07, 6.45) is -0.893. The van der Waals surface area contributed by atoms with Crippen molar-refractivity contribution < 1.29 is 36.6 Å². The summed E-state index contributed by atoms with van der Waals surface area (Å²) in [5.74, 6) is -2.04. The fourth-order valence-corrected chi connectivity index (χ4v) is 7.27. The standard InChI is InChI=1S/C40H37F2N3O6S/c41-33-19-16-32(36(42)26-33)27-43-45-39(47)40(22-25-52(48,49)35-10-5-2-6-11-35)37(30-14-12-29(13-15-30)28-8-3-1-4-9-28)51-38(44-40)31-17-20-34(21-18-31)50-24-7-23-46/h1-6,8-21,26,37,43,46H,7,22-25,27H2,(H,45,47)/t37-,40-/m0/s1. The van der Waals surface area contributed by atoms with Gasteiger partial charge in [0.25, 0.3) is 5.91 Å². The van der Waals surface area contributed by atoms with Crippen molar-refractivity contribution in [3.05, 3.63) is 156 Å². The summed E-state index contributed by atoms with van der Waals surface area (Å²) in [6.45, 7) is 0.123. The molecule has 0 aliphatic carbocycles. The molecule has 0 aromatic heterocycles. The molecule has 0 unspecified atom stereocenters. The molecule has 6 rings (SSSR count). The van der Waals surface area contributed by atoms with E-state index in [1.807, 2.05) is 54.6 Å². The smallest absolute Gasteiger partial charge is 0.266 e. The van der Waals surface area contributed by atoms with Crippen molar-refractivity contribution in [3.63, 3.8) is 0 Å². The number of ether oxygens (including phenoxy) is 2. The van der Waals surface area contributed by atoms with Gasteiger partial charge in [0, 0.05) is 43.2 Å². The van der Waals surface area contributed by atoms with Crippen molar-refractivity contribution in [1.82, 2.24) is 10.9 Å². The molecule has 0 saturated carbocycles. The van der Waals surface area contributed by atoms with Crippen LogP contribution in [0.5, 0.6) is 5.75 Å². The maximum atomic E-state index is 14.5. The predicted molar refractivity (Wildman–Crippen MR) is 193 cm³/mol. The molecular weight excluding hydrogens is 689 g/mol. The monoisotopic (exact) mass is 725 g/mol. The fourth-order valence-electron chi connectivity index (χ4n) is 5.88. The number of hydrogen-bond acceptors (Lipinski definition) is 8. The van der Waals surface area contributed by atoms with Gasteiger partial charge in [-0.2, -0.15) is 0 Å². The zero-order chi connectivity index (χ0) is 36.6. The molecule has 52 heavy (non-hydrogen) atoms. The van der Waals surface area contributed by atoms with Crippen molar-refractivity contribution >= 4 is 21.6 Å². The number of amides is 1. The summed E-state index contributed by atoms with van der Waals surface area (Å²) in [5, 5.41) is 9.09. The van der Waals surface area contributed by atoms with E-state index in [1.165, 1.54) is 18.2 Å². The lowest BCUT2D eigenvalue weighted by atomic mass is 9.84. The molecule has 0 saturated heterocycles. The number of nitrogens with one attached hydrogen (secondary N) is 2. The number of aliphatic hydroxyl groups excluding tert-OH is 1. The van der Waals surface area contributed by atoms with Gasteiger partial charge in [-0.1, -0.05) is 78.9 Å². The molecule has 0 fully saturated rings. The van der Waals surface area contributed by atoms with Crippen LogP contribution in [0.15, 0.2) is 137 Å². The van der Waals surface area contributed by atoms with E-state index in [4.69, 9.17) is 19.6 Å². The first-order valence-corrected chi connectivity index (χ1v) is 18.3. The van der Waals surface area contributed by atoms with Crippen LogP contribution < -0.4 is 15.6 Å². The number of rotatable bonds is 15. The van der Waals surface area contributed by atoms with Crippen LogP contribution in [0.3, 0.4) is 0 Å². The van der Waals surface area contributed by atoms with Gasteiger partial charge in [-0.05, 0) is 59.2 Å². The third-order valence-corrected chi connectivity index (χ3v) is 10.4. The van der Waals surface area contributed by atoms with Gasteiger partial charge in [-0.25, -0.2) is 27.6 Å². The van der Waals surface area contributed by atoms with E-state index >= 15 is 0 Å². The largest absolute Gasteiger partial charge is 0.494 e. The Morgan fingerprint density at radius 3 is 2.17 bits per heavy atom.